The van der Waals surface area contributed by atoms with Gasteiger partial charge in [0.15, 0.2) is 0 Å². The molecule has 0 aliphatic heterocycles. The Morgan fingerprint density at radius 2 is 1.02 bits per heavy atom. The number of aromatic nitrogens is 3. The van der Waals surface area contributed by atoms with Gasteiger partial charge in [0.1, 0.15) is 11.2 Å². The molecule has 4 heteroatoms. The largest absolute Gasteiger partial charge is 0.455 e. The molecule has 0 atom stereocenters. The first-order valence-corrected chi connectivity index (χ1v) is 16.2. The fourth-order valence-electron chi connectivity index (χ4n) is 7.14. The SMILES string of the molecule is c1ccc(-c2ccc(-c3ccc4c5c6oc7ccccc7c6ccc5n(-c5nc(-c6ccccc6)c6ccccc6n5)c4c3)cc2)cc1. The van der Waals surface area contributed by atoms with Crippen LogP contribution in [-0.4, -0.2) is 14.5 Å². The van der Waals surface area contributed by atoms with Crippen LogP contribution in [0.3, 0.4) is 0 Å². The normalized spacial score (nSPS) is 11.8. The molecule has 0 N–H and O–H groups in total. The predicted octanol–water partition coefficient (Wildman–Crippen LogP) is 11.6. The Hall–Kier alpha value is -6.52. The topological polar surface area (TPSA) is 43.9 Å². The minimum absolute atomic E-state index is 0.625. The number of hydrogen-bond donors (Lipinski definition) is 0. The number of para-hydroxylation sites is 2. The van der Waals surface area contributed by atoms with E-state index in [4.69, 9.17) is 14.4 Å². The summed E-state index contributed by atoms with van der Waals surface area (Å²) in [4.78, 5) is 10.5. The molecule has 0 radical (unpaired) electrons. The molecular weight excluding hydrogens is 587 g/mol. The van der Waals surface area contributed by atoms with Gasteiger partial charge in [-0.2, -0.15) is 0 Å². The molecule has 10 aromatic rings. The smallest absolute Gasteiger partial charge is 0.235 e. The Balaban J connectivity index is 1.27. The van der Waals surface area contributed by atoms with Crippen molar-refractivity contribution >= 4 is 54.6 Å². The average molecular weight is 614 g/mol. The molecule has 0 amide bonds. The fraction of sp³-hybridized carbons (Fsp3) is 0. The van der Waals surface area contributed by atoms with E-state index in [9.17, 15) is 0 Å². The van der Waals surface area contributed by atoms with Crippen molar-refractivity contribution < 1.29 is 4.42 Å². The number of benzene rings is 7. The van der Waals surface area contributed by atoms with Crippen LogP contribution in [0.5, 0.6) is 0 Å². The van der Waals surface area contributed by atoms with Gasteiger partial charge in [0.2, 0.25) is 5.95 Å². The molecule has 3 aromatic heterocycles. The van der Waals surface area contributed by atoms with Gasteiger partial charge in [0, 0.05) is 27.1 Å². The minimum Gasteiger partial charge on any atom is -0.455 e. The van der Waals surface area contributed by atoms with Crippen molar-refractivity contribution in [1.82, 2.24) is 14.5 Å². The summed E-state index contributed by atoms with van der Waals surface area (Å²) in [6.07, 6.45) is 0. The monoisotopic (exact) mass is 613 g/mol. The number of furan rings is 1. The van der Waals surface area contributed by atoms with Gasteiger partial charge < -0.3 is 4.42 Å². The van der Waals surface area contributed by atoms with Crippen LogP contribution in [-0.2, 0) is 0 Å². The number of rotatable bonds is 4. The molecule has 224 valence electrons. The highest BCUT2D eigenvalue weighted by atomic mass is 16.3. The van der Waals surface area contributed by atoms with Crippen LogP contribution >= 0.6 is 0 Å². The first-order valence-electron chi connectivity index (χ1n) is 16.2. The summed E-state index contributed by atoms with van der Waals surface area (Å²) < 4.78 is 8.81. The van der Waals surface area contributed by atoms with Gasteiger partial charge in [-0.3, -0.25) is 4.57 Å². The molecule has 0 fully saturated rings. The molecule has 0 saturated heterocycles. The summed E-state index contributed by atoms with van der Waals surface area (Å²) in [5.41, 5.74) is 11.3. The molecule has 0 bridgehead atoms. The molecule has 0 spiro atoms. The Labute approximate surface area is 276 Å². The van der Waals surface area contributed by atoms with Crippen LogP contribution < -0.4 is 0 Å². The van der Waals surface area contributed by atoms with E-state index < -0.39 is 0 Å². The van der Waals surface area contributed by atoms with Crippen LogP contribution in [0.2, 0.25) is 0 Å². The van der Waals surface area contributed by atoms with Crippen molar-refractivity contribution in [2.45, 2.75) is 0 Å². The zero-order valence-corrected chi connectivity index (χ0v) is 25.8. The van der Waals surface area contributed by atoms with E-state index in [0.717, 1.165) is 77.0 Å². The van der Waals surface area contributed by atoms with Gasteiger partial charge in [-0.05, 0) is 52.6 Å². The zero-order valence-electron chi connectivity index (χ0n) is 25.8. The molecule has 10 rings (SSSR count). The highest BCUT2D eigenvalue weighted by molar-refractivity contribution is 6.24. The van der Waals surface area contributed by atoms with E-state index in [1.807, 2.05) is 36.4 Å². The number of nitrogens with zero attached hydrogens (tertiary/aromatic N) is 3. The minimum atomic E-state index is 0.625. The lowest BCUT2D eigenvalue weighted by atomic mass is 9.99. The van der Waals surface area contributed by atoms with Gasteiger partial charge in [0.25, 0.3) is 0 Å². The van der Waals surface area contributed by atoms with E-state index >= 15 is 0 Å². The molecule has 48 heavy (non-hydrogen) atoms. The third-order valence-corrected chi connectivity index (χ3v) is 9.44. The lowest BCUT2D eigenvalue weighted by Gasteiger charge is -2.12. The van der Waals surface area contributed by atoms with Crippen molar-refractivity contribution in [3.8, 4) is 39.5 Å². The lowest BCUT2D eigenvalue weighted by molar-refractivity contribution is 0.673. The first-order chi connectivity index (χ1) is 23.8. The Morgan fingerprint density at radius 1 is 0.417 bits per heavy atom. The second-order valence-corrected chi connectivity index (χ2v) is 12.2. The number of fused-ring (bicyclic) bond motifs is 8. The first kappa shape index (κ1) is 26.7. The summed E-state index contributed by atoms with van der Waals surface area (Å²) in [5, 5.41) is 5.38. The highest BCUT2D eigenvalue weighted by Crippen LogP contribution is 2.42. The second-order valence-electron chi connectivity index (χ2n) is 12.2. The third kappa shape index (κ3) is 4.10. The third-order valence-electron chi connectivity index (χ3n) is 9.44. The van der Waals surface area contributed by atoms with Gasteiger partial charge >= 0.3 is 0 Å². The Morgan fingerprint density at radius 3 is 1.81 bits per heavy atom. The lowest BCUT2D eigenvalue weighted by Crippen LogP contribution is -2.03. The summed E-state index contributed by atoms with van der Waals surface area (Å²) in [7, 11) is 0. The van der Waals surface area contributed by atoms with E-state index in [1.165, 1.54) is 11.1 Å². The molecule has 3 heterocycles. The molecular formula is C44H27N3O. The highest BCUT2D eigenvalue weighted by Gasteiger charge is 2.21. The van der Waals surface area contributed by atoms with Gasteiger partial charge in [-0.25, -0.2) is 9.97 Å². The average Bonchev–Trinajstić information content (AvgIpc) is 3.70. The van der Waals surface area contributed by atoms with E-state index in [-0.39, 0.29) is 0 Å². The van der Waals surface area contributed by atoms with Crippen LogP contribution in [0.15, 0.2) is 168 Å². The standard InChI is InChI=1S/C44H27N3O/c1-3-11-28(12-4-1)29-19-21-30(22-20-29)32-23-24-36-39(27-32)47(38-26-25-34-33-15-8-10-18-40(33)48-43(34)41(36)38)44-45-37-17-9-7-16-35(37)42(46-44)31-13-5-2-6-14-31/h1-27H. The second kappa shape index (κ2) is 10.5. The molecule has 4 nitrogen and oxygen atoms in total. The maximum atomic E-state index is 6.60. The molecule has 0 aliphatic rings. The van der Waals surface area contributed by atoms with E-state index in [2.05, 4.69) is 132 Å². The maximum Gasteiger partial charge on any atom is 0.235 e. The molecule has 0 saturated carbocycles. The van der Waals surface area contributed by atoms with Crippen LogP contribution in [0.4, 0.5) is 0 Å². The van der Waals surface area contributed by atoms with Crippen LogP contribution in [0.25, 0.3) is 94.1 Å². The van der Waals surface area contributed by atoms with Crippen molar-refractivity contribution in [3.63, 3.8) is 0 Å². The van der Waals surface area contributed by atoms with Crippen LogP contribution in [0, 0.1) is 0 Å². The van der Waals surface area contributed by atoms with Gasteiger partial charge in [-0.15, -0.1) is 0 Å². The number of hydrogen-bond acceptors (Lipinski definition) is 3. The van der Waals surface area contributed by atoms with Crippen molar-refractivity contribution in [2.75, 3.05) is 0 Å². The van der Waals surface area contributed by atoms with Crippen LogP contribution in [0.1, 0.15) is 0 Å². The van der Waals surface area contributed by atoms with Crippen molar-refractivity contribution in [1.29, 1.82) is 0 Å². The summed E-state index contributed by atoms with van der Waals surface area (Å²) in [5.74, 6) is 0.625. The maximum absolute atomic E-state index is 6.60. The summed E-state index contributed by atoms with van der Waals surface area (Å²) >= 11 is 0. The zero-order chi connectivity index (χ0) is 31.6. The fourth-order valence-corrected chi connectivity index (χ4v) is 7.14. The van der Waals surface area contributed by atoms with Gasteiger partial charge in [0.05, 0.1) is 27.6 Å². The molecule has 0 unspecified atom stereocenters. The van der Waals surface area contributed by atoms with E-state index in [1.54, 1.807) is 0 Å². The molecule has 0 aliphatic carbocycles. The Kier molecular flexibility index (Phi) is 5.84. The van der Waals surface area contributed by atoms with Crippen molar-refractivity contribution in [3.05, 3.63) is 164 Å². The van der Waals surface area contributed by atoms with Crippen molar-refractivity contribution in [2.24, 2.45) is 0 Å². The van der Waals surface area contributed by atoms with E-state index in [0.29, 0.717) is 5.95 Å². The quantitative estimate of drug-likeness (QED) is 0.198. The predicted molar refractivity (Wildman–Crippen MR) is 197 cm³/mol. The Bertz CT molecular complexity index is 2810. The van der Waals surface area contributed by atoms with Gasteiger partial charge in [-0.1, -0.05) is 133 Å². The summed E-state index contributed by atoms with van der Waals surface area (Å²) in [6, 6.07) is 57.2. The molecule has 7 aromatic carbocycles. The summed E-state index contributed by atoms with van der Waals surface area (Å²) in [6.45, 7) is 0.